The quantitative estimate of drug-likeness (QED) is 0.625. The van der Waals surface area contributed by atoms with Crippen LogP contribution in [0.3, 0.4) is 0 Å². The van der Waals surface area contributed by atoms with Crippen LogP contribution in [0.15, 0.2) is 67.0 Å². The van der Waals surface area contributed by atoms with E-state index >= 15 is 0 Å². The van der Waals surface area contributed by atoms with Gasteiger partial charge in [-0.2, -0.15) is 0 Å². The maximum absolute atomic E-state index is 15.0. The molecular weight excluding hydrogens is 289 g/mol. The molecule has 116 valence electrons. The van der Waals surface area contributed by atoms with Gasteiger partial charge in [0.1, 0.15) is 12.3 Å². The SMILES string of the molecule is CC[n+]1cc(Oc2ccccc2)c(F)c(-c2cccc(C)c2)c1. The van der Waals surface area contributed by atoms with E-state index in [-0.39, 0.29) is 11.6 Å². The number of halogens is 1. The lowest BCUT2D eigenvalue weighted by Gasteiger charge is -2.09. The zero-order valence-electron chi connectivity index (χ0n) is 13.3. The third-order valence-corrected chi connectivity index (χ3v) is 3.70. The van der Waals surface area contributed by atoms with Crippen LogP contribution in [0, 0.1) is 12.7 Å². The topological polar surface area (TPSA) is 13.1 Å². The third kappa shape index (κ3) is 3.39. The van der Waals surface area contributed by atoms with E-state index in [0.717, 1.165) is 17.7 Å². The smallest absolute Gasteiger partial charge is 0.227 e. The van der Waals surface area contributed by atoms with Crippen molar-refractivity contribution in [1.29, 1.82) is 0 Å². The van der Waals surface area contributed by atoms with E-state index in [1.807, 2.05) is 79.2 Å². The molecule has 2 nitrogen and oxygen atoms in total. The van der Waals surface area contributed by atoms with E-state index < -0.39 is 0 Å². The monoisotopic (exact) mass is 308 g/mol. The van der Waals surface area contributed by atoms with Crippen LogP contribution < -0.4 is 9.30 Å². The summed E-state index contributed by atoms with van der Waals surface area (Å²) in [4.78, 5) is 0. The minimum absolute atomic E-state index is 0.233. The number of aromatic nitrogens is 1. The van der Waals surface area contributed by atoms with Gasteiger partial charge in [-0.3, -0.25) is 0 Å². The Morgan fingerprint density at radius 2 is 1.78 bits per heavy atom. The zero-order valence-corrected chi connectivity index (χ0v) is 13.3. The van der Waals surface area contributed by atoms with Gasteiger partial charge < -0.3 is 4.74 Å². The molecule has 0 aliphatic carbocycles. The van der Waals surface area contributed by atoms with Crippen molar-refractivity contribution in [3.8, 4) is 22.6 Å². The van der Waals surface area contributed by atoms with Crippen LogP contribution in [0.1, 0.15) is 12.5 Å². The fourth-order valence-corrected chi connectivity index (χ4v) is 2.48. The van der Waals surface area contributed by atoms with Gasteiger partial charge in [0, 0.05) is 0 Å². The number of hydrogen-bond donors (Lipinski definition) is 0. The summed E-state index contributed by atoms with van der Waals surface area (Å²) in [5.41, 5.74) is 2.49. The molecule has 3 rings (SSSR count). The summed E-state index contributed by atoms with van der Waals surface area (Å²) < 4.78 is 22.6. The number of ether oxygens (including phenoxy) is 1. The number of pyridine rings is 1. The van der Waals surface area contributed by atoms with Crippen LogP contribution >= 0.6 is 0 Å². The average Bonchev–Trinajstić information content (AvgIpc) is 2.57. The summed E-state index contributed by atoms with van der Waals surface area (Å²) >= 11 is 0. The standard InChI is InChI=1S/C20H19FNO/c1-3-22-13-18(16-9-7-8-15(2)12-16)20(21)19(14-22)23-17-10-5-4-6-11-17/h4-14H,3H2,1-2H3/q+1. The molecule has 0 radical (unpaired) electrons. The second kappa shape index (κ2) is 6.61. The summed E-state index contributed by atoms with van der Waals surface area (Å²) in [5.74, 6) is 0.511. The van der Waals surface area contributed by atoms with Gasteiger partial charge in [-0.15, -0.1) is 0 Å². The largest absolute Gasteiger partial charge is 0.448 e. The first kappa shape index (κ1) is 15.2. The van der Waals surface area contributed by atoms with Gasteiger partial charge in [0.2, 0.25) is 11.9 Å². The van der Waals surface area contributed by atoms with Crippen molar-refractivity contribution in [3.05, 3.63) is 78.4 Å². The number of aryl methyl sites for hydroxylation is 2. The highest BCUT2D eigenvalue weighted by Gasteiger charge is 2.19. The van der Waals surface area contributed by atoms with E-state index in [9.17, 15) is 4.39 Å². The Bertz CT molecular complexity index is 815. The van der Waals surface area contributed by atoms with Crippen LogP contribution in [0.25, 0.3) is 11.1 Å². The predicted octanol–water partition coefficient (Wildman–Crippen LogP) is 4.90. The van der Waals surface area contributed by atoms with Gasteiger partial charge in [0.05, 0.1) is 5.56 Å². The molecule has 0 amide bonds. The van der Waals surface area contributed by atoms with E-state index in [1.165, 1.54) is 0 Å². The van der Waals surface area contributed by atoms with Gasteiger partial charge >= 0.3 is 0 Å². The highest BCUT2D eigenvalue weighted by Crippen LogP contribution is 2.30. The number of rotatable bonds is 4. The first-order valence-electron chi connectivity index (χ1n) is 7.70. The maximum Gasteiger partial charge on any atom is 0.227 e. The predicted molar refractivity (Wildman–Crippen MR) is 89.0 cm³/mol. The Labute approximate surface area is 135 Å². The Hall–Kier alpha value is -2.68. The molecule has 2 aromatic carbocycles. The maximum atomic E-state index is 15.0. The first-order chi connectivity index (χ1) is 11.2. The number of hydrogen-bond acceptors (Lipinski definition) is 1. The van der Waals surface area contributed by atoms with Crippen molar-refractivity contribution >= 4 is 0 Å². The highest BCUT2D eigenvalue weighted by atomic mass is 19.1. The molecule has 1 aromatic heterocycles. The fraction of sp³-hybridized carbons (Fsp3) is 0.150. The van der Waals surface area contributed by atoms with E-state index in [4.69, 9.17) is 4.74 Å². The van der Waals surface area contributed by atoms with Crippen LogP contribution in [0.4, 0.5) is 4.39 Å². The zero-order chi connectivity index (χ0) is 16.2. The molecule has 1 heterocycles. The van der Waals surface area contributed by atoms with E-state index in [0.29, 0.717) is 11.3 Å². The molecule has 0 atom stereocenters. The normalized spacial score (nSPS) is 10.6. The van der Waals surface area contributed by atoms with Crippen molar-refractivity contribution in [2.75, 3.05) is 0 Å². The summed E-state index contributed by atoms with van der Waals surface area (Å²) in [6.07, 6.45) is 3.52. The summed E-state index contributed by atoms with van der Waals surface area (Å²) in [7, 11) is 0. The molecule has 0 saturated heterocycles. The molecule has 0 fully saturated rings. The Morgan fingerprint density at radius 1 is 1.00 bits per heavy atom. The molecule has 23 heavy (non-hydrogen) atoms. The average molecular weight is 308 g/mol. The molecule has 0 aliphatic rings. The van der Waals surface area contributed by atoms with Gasteiger partial charge in [-0.25, -0.2) is 8.96 Å². The lowest BCUT2D eigenvalue weighted by Crippen LogP contribution is -2.32. The molecule has 0 bridgehead atoms. The van der Waals surface area contributed by atoms with Crippen molar-refractivity contribution < 1.29 is 13.7 Å². The molecule has 0 unspecified atom stereocenters. The van der Waals surface area contributed by atoms with E-state index in [1.54, 1.807) is 6.20 Å². The third-order valence-electron chi connectivity index (χ3n) is 3.70. The molecule has 0 aliphatic heterocycles. The van der Waals surface area contributed by atoms with E-state index in [2.05, 4.69) is 0 Å². The summed E-state index contributed by atoms with van der Waals surface area (Å²) in [6, 6.07) is 17.1. The Kier molecular flexibility index (Phi) is 4.38. The van der Waals surface area contributed by atoms with Gasteiger partial charge in [0.15, 0.2) is 12.0 Å². The Balaban J connectivity index is 2.08. The van der Waals surface area contributed by atoms with Crippen LogP contribution in [0.5, 0.6) is 11.5 Å². The van der Waals surface area contributed by atoms with Crippen molar-refractivity contribution in [3.63, 3.8) is 0 Å². The lowest BCUT2D eigenvalue weighted by molar-refractivity contribution is -0.693. The fourth-order valence-electron chi connectivity index (χ4n) is 2.48. The number of benzene rings is 2. The molecule has 0 N–H and O–H groups in total. The minimum atomic E-state index is -0.343. The second-order valence-corrected chi connectivity index (χ2v) is 5.47. The van der Waals surface area contributed by atoms with Gasteiger partial charge in [-0.1, -0.05) is 48.0 Å². The van der Waals surface area contributed by atoms with Crippen molar-refractivity contribution in [2.45, 2.75) is 20.4 Å². The molecule has 3 aromatic rings. The minimum Gasteiger partial charge on any atom is -0.448 e. The van der Waals surface area contributed by atoms with Gasteiger partial charge in [0.25, 0.3) is 0 Å². The number of nitrogens with zero attached hydrogens (tertiary/aromatic N) is 1. The van der Waals surface area contributed by atoms with Crippen molar-refractivity contribution in [2.24, 2.45) is 0 Å². The lowest BCUT2D eigenvalue weighted by atomic mass is 10.0. The Morgan fingerprint density at radius 3 is 2.48 bits per heavy atom. The molecule has 0 spiro atoms. The number of para-hydroxylation sites is 1. The second-order valence-electron chi connectivity index (χ2n) is 5.47. The van der Waals surface area contributed by atoms with Crippen LogP contribution in [0.2, 0.25) is 0 Å². The molecular formula is C20H19FNO+. The summed E-state index contributed by atoms with van der Waals surface area (Å²) in [6.45, 7) is 4.76. The van der Waals surface area contributed by atoms with Crippen LogP contribution in [-0.2, 0) is 6.54 Å². The van der Waals surface area contributed by atoms with Crippen molar-refractivity contribution in [1.82, 2.24) is 0 Å². The molecule has 3 heteroatoms. The highest BCUT2D eigenvalue weighted by molar-refractivity contribution is 5.65. The van der Waals surface area contributed by atoms with Gasteiger partial charge in [-0.05, 0) is 31.5 Å². The first-order valence-corrected chi connectivity index (χ1v) is 7.70. The summed E-state index contributed by atoms with van der Waals surface area (Å²) in [5, 5.41) is 0. The molecule has 0 saturated carbocycles. The van der Waals surface area contributed by atoms with Crippen LogP contribution in [-0.4, -0.2) is 0 Å².